The maximum atomic E-state index is 12.5. The zero-order valence-corrected chi connectivity index (χ0v) is 18.4. The van der Waals surface area contributed by atoms with Crippen LogP contribution in [0.3, 0.4) is 0 Å². The SMILES string of the molecule is COc1ccc(C(=O)NCCNC(=O)c2ccc3c(c2)C(=O)N(C(C)C)C3=O)cc1OC. The zero-order chi connectivity index (χ0) is 23.4. The van der Waals surface area contributed by atoms with Crippen molar-refractivity contribution in [3.05, 3.63) is 58.7 Å². The summed E-state index contributed by atoms with van der Waals surface area (Å²) in [5.41, 5.74) is 1.17. The molecule has 0 radical (unpaired) electrons. The molecule has 1 aliphatic rings. The van der Waals surface area contributed by atoms with E-state index >= 15 is 0 Å². The van der Waals surface area contributed by atoms with Gasteiger partial charge in [0.25, 0.3) is 23.6 Å². The summed E-state index contributed by atoms with van der Waals surface area (Å²) in [5.74, 6) is -0.537. The quantitative estimate of drug-likeness (QED) is 0.480. The van der Waals surface area contributed by atoms with Gasteiger partial charge < -0.3 is 20.1 Å². The third-order valence-electron chi connectivity index (χ3n) is 5.04. The van der Waals surface area contributed by atoms with Crippen LogP contribution in [0, 0.1) is 0 Å². The molecule has 4 amide bonds. The van der Waals surface area contributed by atoms with Crippen LogP contribution in [-0.4, -0.2) is 61.9 Å². The van der Waals surface area contributed by atoms with E-state index in [0.717, 1.165) is 0 Å². The van der Waals surface area contributed by atoms with Gasteiger partial charge >= 0.3 is 0 Å². The molecule has 1 aliphatic heterocycles. The fourth-order valence-corrected chi connectivity index (χ4v) is 3.40. The number of imide groups is 1. The summed E-state index contributed by atoms with van der Waals surface area (Å²) in [6, 6.07) is 8.96. The van der Waals surface area contributed by atoms with E-state index in [9.17, 15) is 19.2 Å². The van der Waals surface area contributed by atoms with E-state index in [0.29, 0.717) is 22.6 Å². The molecule has 0 atom stereocenters. The number of hydrogen-bond donors (Lipinski definition) is 2. The van der Waals surface area contributed by atoms with Crippen LogP contribution < -0.4 is 20.1 Å². The Balaban J connectivity index is 1.56. The van der Waals surface area contributed by atoms with Crippen LogP contribution in [0.4, 0.5) is 0 Å². The van der Waals surface area contributed by atoms with E-state index in [1.807, 2.05) is 0 Å². The predicted octanol–water partition coefficient (Wildman–Crippen LogP) is 1.87. The number of rotatable bonds is 8. The average molecular weight is 439 g/mol. The Morgan fingerprint density at radius 1 is 0.812 bits per heavy atom. The fourth-order valence-electron chi connectivity index (χ4n) is 3.40. The molecule has 0 unspecified atom stereocenters. The highest BCUT2D eigenvalue weighted by molar-refractivity contribution is 6.22. The summed E-state index contributed by atoms with van der Waals surface area (Å²) in [4.78, 5) is 50.8. The van der Waals surface area contributed by atoms with Crippen LogP contribution >= 0.6 is 0 Å². The topological polar surface area (TPSA) is 114 Å². The number of nitrogens with zero attached hydrogens (tertiary/aromatic N) is 1. The molecule has 3 rings (SSSR count). The Morgan fingerprint density at radius 3 is 1.91 bits per heavy atom. The monoisotopic (exact) mass is 439 g/mol. The lowest BCUT2D eigenvalue weighted by atomic mass is 10.1. The van der Waals surface area contributed by atoms with Gasteiger partial charge in [-0.05, 0) is 50.2 Å². The molecule has 2 aromatic carbocycles. The second-order valence-corrected chi connectivity index (χ2v) is 7.42. The van der Waals surface area contributed by atoms with E-state index in [2.05, 4.69) is 10.6 Å². The Hall–Kier alpha value is -3.88. The smallest absolute Gasteiger partial charge is 0.261 e. The number of hydrogen-bond acceptors (Lipinski definition) is 6. The van der Waals surface area contributed by atoms with Crippen molar-refractivity contribution in [3.63, 3.8) is 0 Å². The van der Waals surface area contributed by atoms with Crippen LogP contribution in [0.2, 0.25) is 0 Å². The van der Waals surface area contributed by atoms with Crippen LogP contribution in [0.5, 0.6) is 11.5 Å². The van der Waals surface area contributed by atoms with Crippen molar-refractivity contribution in [2.75, 3.05) is 27.3 Å². The van der Waals surface area contributed by atoms with Crippen LogP contribution in [-0.2, 0) is 0 Å². The molecular formula is C23H25N3O6. The van der Waals surface area contributed by atoms with Crippen molar-refractivity contribution >= 4 is 23.6 Å². The van der Waals surface area contributed by atoms with Gasteiger partial charge in [-0.25, -0.2) is 0 Å². The van der Waals surface area contributed by atoms with E-state index in [1.54, 1.807) is 32.0 Å². The third-order valence-corrected chi connectivity index (χ3v) is 5.04. The summed E-state index contributed by atoms with van der Waals surface area (Å²) < 4.78 is 10.3. The molecule has 0 saturated carbocycles. The number of amides is 4. The molecule has 0 bridgehead atoms. The van der Waals surface area contributed by atoms with Gasteiger partial charge in [0.1, 0.15) is 0 Å². The lowest BCUT2D eigenvalue weighted by molar-refractivity contribution is 0.0608. The molecule has 32 heavy (non-hydrogen) atoms. The maximum Gasteiger partial charge on any atom is 0.261 e. The molecule has 1 heterocycles. The summed E-state index contributed by atoms with van der Waals surface area (Å²) >= 11 is 0. The normalized spacial score (nSPS) is 12.6. The average Bonchev–Trinajstić information content (AvgIpc) is 3.05. The van der Waals surface area contributed by atoms with E-state index in [1.165, 1.54) is 37.3 Å². The van der Waals surface area contributed by atoms with Crippen molar-refractivity contribution < 1.29 is 28.7 Å². The first-order valence-corrected chi connectivity index (χ1v) is 10.1. The van der Waals surface area contributed by atoms with E-state index in [4.69, 9.17) is 9.47 Å². The minimum absolute atomic E-state index is 0.180. The Kier molecular flexibility index (Phi) is 6.77. The first-order chi connectivity index (χ1) is 15.3. The number of carbonyl (C=O) groups excluding carboxylic acids is 4. The second kappa shape index (κ2) is 9.51. The van der Waals surface area contributed by atoms with Crippen LogP contribution in [0.15, 0.2) is 36.4 Å². The molecule has 9 nitrogen and oxygen atoms in total. The molecular weight excluding hydrogens is 414 g/mol. The minimum Gasteiger partial charge on any atom is -0.493 e. The van der Waals surface area contributed by atoms with Crippen LogP contribution in [0.25, 0.3) is 0 Å². The first-order valence-electron chi connectivity index (χ1n) is 10.1. The van der Waals surface area contributed by atoms with Crippen molar-refractivity contribution in [2.24, 2.45) is 0 Å². The number of carbonyl (C=O) groups is 4. The van der Waals surface area contributed by atoms with Crippen molar-refractivity contribution in [2.45, 2.75) is 19.9 Å². The number of fused-ring (bicyclic) bond motifs is 1. The molecule has 0 aromatic heterocycles. The number of ether oxygens (including phenoxy) is 2. The van der Waals surface area contributed by atoms with Gasteiger partial charge in [0.2, 0.25) is 0 Å². The highest BCUT2D eigenvalue weighted by Gasteiger charge is 2.37. The zero-order valence-electron chi connectivity index (χ0n) is 18.4. The second-order valence-electron chi connectivity index (χ2n) is 7.42. The lowest BCUT2D eigenvalue weighted by Crippen LogP contribution is -2.36. The number of nitrogens with one attached hydrogen (secondary N) is 2. The van der Waals surface area contributed by atoms with Gasteiger partial charge in [0, 0.05) is 30.3 Å². The Morgan fingerprint density at radius 2 is 1.34 bits per heavy atom. The van der Waals surface area contributed by atoms with E-state index < -0.39 is 11.8 Å². The van der Waals surface area contributed by atoms with Crippen LogP contribution in [0.1, 0.15) is 55.3 Å². The molecule has 0 saturated heterocycles. The van der Waals surface area contributed by atoms with Gasteiger partial charge in [-0.15, -0.1) is 0 Å². The molecule has 0 spiro atoms. The molecule has 0 aliphatic carbocycles. The predicted molar refractivity (Wildman–Crippen MR) is 116 cm³/mol. The first kappa shape index (κ1) is 22.8. The molecule has 168 valence electrons. The summed E-state index contributed by atoms with van der Waals surface area (Å²) in [6.45, 7) is 3.89. The molecule has 2 aromatic rings. The van der Waals surface area contributed by atoms with Gasteiger partial charge in [-0.3, -0.25) is 24.1 Å². The largest absolute Gasteiger partial charge is 0.493 e. The van der Waals surface area contributed by atoms with E-state index in [-0.39, 0.29) is 42.1 Å². The highest BCUT2D eigenvalue weighted by Crippen LogP contribution is 2.27. The molecule has 0 fully saturated rings. The van der Waals surface area contributed by atoms with Gasteiger partial charge in [-0.2, -0.15) is 0 Å². The number of methoxy groups -OCH3 is 2. The van der Waals surface area contributed by atoms with Crippen molar-refractivity contribution in [3.8, 4) is 11.5 Å². The Labute approximate surface area is 185 Å². The third kappa shape index (κ3) is 4.41. The maximum absolute atomic E-state index is 12.5. The lowest BCUT2D eigenvalue weighted by Gasteiger charge is -2.17. The molecule has 9 heteroatoms. The van der Waals surface area contributed by atoms with Crippen molar-refractivity contribution in [1.29, 1.82) is 0 Å². The highest BCUT2D eigenvalue weighted by atomic mass is 16.5. The van der Waals surface area contributed by atoms with Crippen molar-refractivity contribution in [1.82, 2.24) is 15.5 Å². The fraction of sp³-hybridized carbons (Fsp3) is 0.304. The van der Waals surface area contributed by atoms with Gasteiger partial charge in [0.05, 0.1) is 25.3 Å². The summed E-state index contributed by atoms with van der Waals surface area (Å²) in [5, 5.41) is 5.40. The standard InChI is InChI=1S/C23H25N3O6/c1-13(2)26-22(29)16-7-5-14(11-17(16)23(26)30)20(27)24-9-10-25-21(28)15-6-8-18(31-3)19(12-15)32-4/h5-8,11-13H,9-10H2,1-4H3,(H,24,27)(H,25,28). The summed E-state index contributed by atoms with van der Waals surface area (Å²) in [6.07, 6.45) is 0. The van der Waals surface area contributed by atoms with Gasteiger partial charge in [0.15, 0.2) is 11.5 Å². The number of benzene rings is 2. The minimum atomic E-state index is -0.406. The summed E-state index contributed by atoms with van der Waals surface area (Å²) in [7, 11) is 2.99. The van der Waals surface area contributed by atoms with Gasteiger partial charge in [-0.1, -0.05) is 0 Å². The molecule has 2 N–H and O–H groups in total. The Bertz CT molecular complexity index is 1080.